The van der Waals surface area contributed by atoms with E-state index in [9.17, 15) is 20.4 Å². The van der Waals surface area contributed by atoms with Crippen molar-refractivity contribution in [2.75, 3.05) is 6.61 Å². The Morgan fingerprint density at radius 2 is 1.91 bits per heavy atom. The topological polar surface area (TPSA) is 99.4 Å². The van der Waals surface area contributed by atoms with Crippen LogP contribution in [0, 0.1) is 5.92 Å². The molecule has 2 rings (SSSR count). The molecule has 1 heterocycles. The zero-order valence-corrected chi connectivity index (χ0v) is 13.5. The van der Waals surface area contributed by atoms with Crippen molar-refractivity contribution in [2.45, 2.75) is 76.3 Å². The van der Waals surface area contributed by atoms with Crippen LogP contribution in [-0.4, -0.2) is 63.3 Å². The minimum Gasteiger partial charge on any atom is -0.394 e. The quantitative estimate of drug-likeness (QED) is 0.558. The van der Waals surface area contributed by atoms with Crippen LogP contribution >= 0.6 is 0 Å². The standard InChI is InChI=1S/C16H28O6/c1-9-4-6-10(7-5-9)16(2,3)22-15-14(20)13(19)12(18)11(8-17)21-15/h4,10-15,17-20H,5-8H2,1-3H3/t10?,11-,12-,13+,14-,15+/m1/s1. The van der Waals surface area contributed by atoms with Crippen molar-refractivity contribution in [3.8, 4) is 0 Å². The molecule has 4 N–H and O–H groups in total. The van der Waals surface area contributed by atoms with E-state index in [1.807, 2.05) is 13.8 Å². The number of aliphatic hydroxyl groups is 4. The summed E-state index contributed by atoms with van der Waals surface area (Å²) in [4.78, 5) is 0. The molecule has 0 spiro atoms. The van der Waals surface area contributed by atoms with E-state index in [1.165, 1.54) is 5.57 Å². The van der Waals surface area contributed by atoms with Gasteiger partial charge in [-0.25, -0.2) is 0 Å². The summed E-state index contributed by atoms with van der Waals surface area (Å²) in [5.74, 6) is 0.281. The average Bonchev–Trinajstić information content (AvgIpc) is 2.48. The van der Waals surface area contributed by atoms with E-state index in [4.69, 9.17) is 9.47 Å². The molecular formula is C16H28O6. The van der Waals surface area contributed by atoms with Gasteiger partial charge in [0.2, 0.25) is 0 Å². The van der Waals surface area contributed by atoms with E-state index in [0.717, 1.165) is 19.3 Å². The smallest absolute Gasteiger partial charge is 0.187 e. The van der Waals surface area contributed by atoms with Gasteiger partial charge >= 0.3 is 0 Å². The molecule has 6 atom stereocenters. The number of ether oxygens (including phenoxy) is 2. The lowest BCUT2D eigenvalue weighted by atomic mass is 9.79. The summed E-state index contributed by atoms with van der Waals surface area (Å²) in [5.41, 5.74) is 0.824. The Balaban J connectivity index is 2.04. The summed E-state index contributed by atoms with van der Waals surface area (Å²) in [7, 11) is 0. The largest absolute Gasteiger partial charge is 0.394 e. The van der Waals surface area contributed by atoms with Crippen LogP contribution in [0.25, 0.3) is 0 Å². The van der Waals surface area contributed by atoms with Gasteiger partial charge in [-0.15, -0.1) is 0 Å². The molecule has 2 aliphatic rings. The molecular weight excluding hydrogens is 288 g/mol. The minimum atomic E-state index is -1.40. The van der Waals surface area contributed by atoms with Crippen LogP contribution in [0.15, 0.2) is 11.6 Å². The van der Waals surface area contributed by atoms with E-state index in [0.29, 0.717) is 0 Å². The molecule has 0 radical (unpaired) electrons. The normalized spacial score (nSPS) is 40.4. The first-order valence-corrected chi connectivity index (χ1v) is 7.90. The molecule has 128 valence electrons. The molecule has 6 nitrogen and oxygen atoms in total. The lowest BCUT2D eigenvalue weighted by Crippen LogP contribution is -2.60. The highest BCUT2D eigenvalue weighted by Gasteiger charge is 2.46. The molecule has 0 amide bonds. The molecule has 1 saturated heterocycles. The Morgan fingerprint density at radius 1 is 1.23 bits per heavy atom. The van der Waals surface area contributed by atoms with Crippen LogP contribution in [0.2, 0.25) is 0 Å². The van der Waals surface area contributed by atoms with Gasteiger partial charge in [-0.1, -0.05) is 11.6 Å². The highest BCUT2D eigenvalue weighted by Crippen LogP contribution is 2.36. The number of aliphatic hydroxyl groups excluding tert-OH is 4. The third-order valence-corrected chi connectivity index (χ3v) is 4.89. The summed E-state index contributed by atoms with van der Waals surface area (Å²) >= 11 is 0. The second-order valence-corrected chi connectivity index (χ2v) is 6.94. The van der Waals surface area contributed by atoms with Crippen molar-refractivity contribution in [3.05, 3.63) is 11.6 Å². The van der Waals surface area contributed by atoms with Crippen LogP contribution in [-0.2, 0) is 9.47 Å². The lowest BCUT2D eigenvalue weighted by molar-refractivity contribution is -0.328. The van der Waals surface area contributed by atoms with E-state index in [-0.39, 0.29) is 5.92 Å². The van der Waals surface area contributed by atoms with Crippen LogP contribution in [0.1, 0.15) is 40.0 Å². The van der Waals surface area contributed by atoms with Crippen LogP contribution in [0.5, 0.6) is 0 Å². The molecule has 1 aliphatic carbocycles. The Kier molecular flexibility index (Phi) is 5.63. The van der Waals surface area contributed by atoms with Crippen molar-refractivity contribution in [1.29, 1.82) is 0 Å². The minimum absolute atomic E-state index is 0.281. The number of hydrogen-bond donors (Lipinski definition) is 4. The van der Waals surface area contributed by atoms with Gasteiger partial charge in [0.1, 0.15) is 24.4 Å². The molecule has 0 aromatic heterocycles. The third-order valence-electron chi connectivity index (χ3n) is 4.89. The predicted octanol–water partition coefficient (Wildman–Crippen LogP) is 0.328. The average molecular weight is 316 g/mol. The fraction of sp³-hybridized carbons (Fsp3) is 0.875. The van der Waals surface area contributed by atoms with Crippen LogP contribution in [0.3, 0.4) is 0 Å². The Hall–Kier alpha value is -0.500. The molecule has 0 aromatic carbocycles. The van der Waals surface area contributed by atoms with Crippen LogP contribution < -0.4 is 0 Å². The molecule has 1 aliphatic heterocycles. The van der Waals surface area contributed by atoms with Gasteiger partial charge in [0.25, 0.3) is 0 Å². The number of rotatable bonds is 4. The van der Waals surface area contributed by atoms with Gasteiger partial charge in [-0.2, -0.15) is 0 Å². The van der Waals surface area contributed by atoms with Gasteiger partial charge in [-0.3, -0.25) is 0 Å². The van der Waals surface area contributed by atoms with Crippen molar-refractivity contribution in [1.82, 2.24) is 0 Å². The van der Waals surface area contributed by atoms with Crippen molar-refractivity contribution in [2.24, 2.45) is 5.92 Å². The van der Waals surface area contributed by atoms with Crippen molar-refractivity contribution < 1.29 is 29.9 Å². The summed E-state index contributed by atoms with van der Waals surface area (Å²) in [6.45, 7) is 5.54. The van der Waals surface area contributed by atoms with Gasteiger partial charge in [0, 0.05) is 0 Å². The second-order valence-electron chi connectivity index (χ2n) is 6.94. The first-order valence-electron chi connectivity index (χ1n) is 7.90. The summed E-state index contributed by atoms with van der Waals surface area (Å²) in [5, 5.41) is 38.9. The van der Waals surface area contributed by atoms with E-state index in [1.54, 1.807) is 0 Å². The van der Waals surface area contributed by atoms with Gasteiger partial charge in [0.05, 0.1) is 12.2 Å². The SMILES string of the molecule is CC1=CCC(C(C)(C)O[C@@H]2O[C@H](CO)[C@@H](O)[C@H](O)[C@H]2O)CC1. The van der Waals surface area contributed by atoms with Crippen molar-refractivity contribution in [3.63, 3.8) is 0 Å². The zero-order valence-electron chi connectivity index (χ0n) is 13.5. The summed E-state index contributed by atoms with van der Waals surface area (Å²) < 4.78 is 11.4. The lowest BCUT2D eigenvalue weighted by Gasteiger charge is -2.45. The predicted molar refractivity (Wildman–Crippen MR) is 80.0 cm³/mol. The Morgan fingerprint density at radius 3 is 2.45 bits per heavy atom. The molecule has 22 heavy (non-hydrogen) atoms. The molecule has 1 fully saturated rings. The van der Waals surface area contributed by atoms with E-state index >= 15 is 0 Å². The van der Waals surface area contributed by atoms with Crippen LogP contribution in [0.4, 0.5) is 0 Å². The first kappa shape index (κ1) is 17.8. The Bertz CT molecular complexity index is 405. The maximum atomic E-state index is 10.1. The first-order chi connectivity index (χ1) is 10.3. The monoisotopic (exact) mass is 316 g/mol. The maximum Gasteiger partial charge on any atom is 0.187 e. The summed E-state index contributed by atoms with van der Waals surface area (Å²) in [6.07, 6.45) is -1.01. The highest BCUT2D eigenvalue weighted by molar-refractivity contribution is 5.05. The van der Waals surface area contributed by atoms with E-state index < -0.39 is 42.9 Å². The molecule has 0 bridgehead atoms. The molecule has 1 unspecified atom stereocenters. The summed E-state index contributed by atoms with van der Waals surface area (Å²) in [6, 6.07) is 0. The number of hydrogen-bond acceptors (Lipinski definition) is 6. The molecule has 0 saturated carbocycles. The molecule has 6 heteroatoms. The zero-order chi connectivity index (χ0) is 16.5. The van der Waals surface area contributed by atoms with Gasteiger partial charge in [-0.05, 0) is 46.0 Å². The fourth-order valence-corrected chi connectivity index (χ4v) is 3.16. The molecule has 0 aromatic rings. The van der Waals surface area contributed by atoms with E-state index in [2.05, 4.69) is 13.0 Å². The van der Waals surface area contributed by atoms with Gasteiger partial charge < -0.3 is 29.9 Å². The van der Waals surface area contributed by atoms with Gasteiger partial charge in [0.15, 0.2) is 6.29 Å². The highest BCUT2D eigenvalue weighted by atomic mass is 16.7. The number of allylic oxidation sites excluding steroid dienone is 2. The van der Waals surface area contributed by atoms with Crippen molar-refractivity contribution >= 4 is 0 Å². The Labute approximate surface area is 131 Å². The third kappa shape index (κ3) is 3.69. The maximum absolute atomic E-state index is 10.1. The fourth-order valence-electron chi connectivity index (χ4n) is 3.16. The second kappa shape index (κ2) is 6.95.